The lowest BCUT2D eigenvalue weighted by Crippen LogP contribution is -1.95. The minimum Gasteiger partial charge on any atom is -0.361 e. The first-order chi connectivity index (χ1) is 8.74. The highest BCUT2D eigenvalue weighted by Gasteiger charge is 2.15. The predicted octanol–water partition coefficient (Wildman–Crippen LogP) is 4.91. The lowest BCUT2D eigenvalue weighted by atomic mass is 9.97. The van der Waals surface area contributed by atoms with E-state index in [2.05, 4.69) is 37.2 Å². The third-order valence-electron chi connectivity index (χ3n) is 4.51. The quantitative estimate of drug-likeness (QED) is 0.786. The Hall–Kier alpha value is -1.24. The predicted molar refractivity (Wildman–Crippen MR) is 78.1 cm³/mol. The molecule has 1 nitrogen and oxygen atoms in total. The second-order valence-electron chi connectivity index (χ2n) is 6.01. The van der Waals surface area contributed by atoms with Gasteiger partial charge in [-0.1, -0.05) is 37.3 Å². The minimum atomic E-state index is 0.987. The number of hydrogen-bond acceptors (Lipinski definition) is 0. The molecule has 1 fully saturated rings. The molecule has 0 spiro atoms. The van der Waals surface area contributed by atoms with Crippen molar-refractivity contribution in [1.29, 1.82) is 0 Å². The largest absolute Gasteiger partial charge is 0.361 e. The van der Waals surface area contributed by atoms with Gasteiger partial charge in [0.25, 0.3) is 0 Å². The summed E-state index contributed by atoms with van der Waals surface area (Å²) in [6.45, 7) is 4.40. The Morgan fingerprint density at radius 3 is 2.72 bits per heavy atom. The highest BCUT2D eigenvalue weighted by Crippen LogP contribution is 2.30. The van der Waals surface area contributed by atoms with Gasteiger partial charge in [0.05, 0.1) is 0 Å². The molecule has 96 valence electrons. The van der Waals surface area contributed by atoms with Crippen molar-refractivity contribution in [2.75, 3.05) is 0 Å². The van der Waals surface area contributed by atoms with Gasteiger partial charge in [-0.05, 0) is 49.8 Å². The van der Waals surface area contributed by atoms with Crippen molar-refractivity contribution in [3.8, 4) is 0 Å². The molecule has 0 aliphatic heterocycles. The van der Waals surface area contributed by atoms with Crippen LogP contribution < -0.4 is 0 Å². The Balaban J connectivity index is 1.83. The fourth-order valence-corrected chi connectivity index (χ4v) is 3.51. The summed E-state index contributed by atoms with van der Waals surface area (Å²) < 4.78 is 0. The second kappa shape index (κ2) is 4.79. The van der Waals surface area contributed by atoms with Crippen LogP contribution in [0.3, 0.4) is 0 Å². The zero-order valence-corrected chi connectivity index (χ0v) is 11.6. The molecule has 0 unspecified atom stereocenters. The molecule has 0 radical (unpaired) electrons. The van der Waals surface area contributed by atoms with E-state index in [9.17, 15) is 0 Å². The van der Waals surface area contributed by atoms with Gasteiger partial charge < -0.3 is 4.98 Å². The zero-order chi connectivity index (χ0) is 12.5. The Bertz CT molecular complexity index is 544. The smallest absolute Gasteiger partial charge is 0.0486 e. The minimum absolute atomic E-state index is 0.987. The average Bonchev–Trinajstić information content (AvgIpc) is 2.94. The second-order valence-corrected chi connectivity index (χ2v) is 6.01. The number of rotatable bonds is 3. The van der Waals surface area contributed by atoms with Crippen molar-refractivity contribution < 1.29 is 0 Å². The number of aryl methyl sites for hydroxylation is 3. The van der Waals surface area contributed by atoms with Gasteiger partial charge in [0.1, 0.15) is 0 Å². The SMILES string of the molecule is Cc1cc(C)c2[nH]cc(CCC3CCCC3)c2c1. The molecule has 1 aliphatic carbocycles. The van der Waals surface area contributed by atoms with Gasteiger partial charge >= 0.3 is 0 Å². The maximum absolute atomic E-state index is 3.46. The van der Waals surface area contributed by atoms with Crippen LogP contribution in [0.4, 0.5) is 0 Å². The van der Waals surface area contributed by atoms with Crippen LogP contribution in [0.1, 0.15) is 48.8 Å². The fourth-order valence-electron chi connectivity index (χ4n) is 3.51. The molecule has 0 amide bonds. The first-order valence-corrected chi connectivity index (χ1v) is 7.31. The summed E-state index contributed by atoms with van der Waals surface area (Å²) >= 11 is 0. The summed E-state index contributed by atoms with van der Waals surface area (Å²) in [6.07, 6.45) is 10.7. The maximum Gasteiger partial charge on any atom is 0.0486 e. The van der Waals surface area contributed by atoms with Crippen LogP contribution in [0, 0.1) is 19.8 Å². The molecule has 1 heteroatoms. The van der Waals surface area contributed by atoms with E-state index in [0.29, 0.717) is 0 Å². The van der Waals surface area contributed by atoms with Crippen molar-refractivity contribution in [2.24, 2.45) is 5.92 Å². The number of aromatic amines is 1. The topological polar surface area (TPSA) is 15.8 Å². The van der Waals surface area contributed by atoms with Gasteiger partial charge in [0.2, 0.25) is 0 Å². The number of nitrogens with one attached hydrogen (secondary N) is 1. The van der Waals surface area contributed by atoms with Crippen LogP contribution in [0.2, 0.25) is 0 Å². The standard InChI is InChI=1S/C17H23N/c1-12-9-13(2)17-16(10-12)15(11-18-17)8-7-14-5-3-4-6-14/h9-11,14,18H,3-8H2,1-2H3. The van der Waals surface area contributed by atoms with Crippen molar-refractivity contribution in [3.05, 3.63) is 35.0 Å². The summed E-state index contributed by atoms with van der Waals surface area (Å²) in [7, 11) is 0. The first-order valence-electron chi connectivity index (χ1n) is 7.31. The van der Waals surface area contributed by atoms with Gasteiger partial charge in [-0.3, -0.25) is 0 Å². The highest BCUT2D eigenvalue weighted by atomic mass is 14.7. The molecule has 1 heterocycles. The normalized spacial score (nSPS) is 16.8. The molecule has 1 N–H and O–H groups in total. The average molecular weight is 241 g/mol. The third kappa shape index (κ3) is 2.19. The summed E-state index contributed by atoms with van der Waals surface area (Å²) in [6, 6.07) is 4.60. The zero-order valence-electron chi connectivity index (χ0n) is 11.6. The van der Waals surface area contributed by atoms with E-state index < -0.39 is 0 Å². The molecule has 0 bridgehead atoms. The molecule has 18 heavy (non-hydrogen) atoms. The van der Waals surface area contributed by atoms with Crippen LogP contribution in [-0.4, -0.2) is 4.98 Å². The summed E-state index contributed by atoms with van der Waals surface area (Å²) in [5.74, 6) is 0.987. The number of fused-ring (bicyclic) bond motifs is 1. The lowest BCUT2D eigenvalue weighted by Gasteiger charge is -2.08. The molecule has 0 atom stereocenters. The number of benzene rings is 1. The van der Waals surface area contributed by atoms with Crippen LogP contribution in [-0.2, 0) is 6.42 Å². The number of H-pyrrole nitrogens is 1. The third-order valence-corrected chi connectivity index (χ3v) is 4.51. The Morgan fingerprint density at radius 2 is 1.94 bits per heavy atom. The molecule has 0 saturated heterocycles. The van der Waals surface area contributed by atoms with Crippen LogP contribution in [0.15, 0.2) is 18.3 Å². The van der Waals surface area contributed by atoms with E-state index in [4.69, 9.17) is 0 Å². The summed E-state index contributed by atoms with van der Waals surface area (Å²) in [4.78, 5) is 3.46. The highest BCUT2D eigenvalue weighted by molar-refractivity contribution is 5.86. The first kappa shape index (κ1) is 11.8. The number of aromatic nitrogens is 1. The van der Waals surface area contributed by atoms with E-state index in [1.807, 2.05) is 0 Å². The van der Waals surface area contributed by atoms with E-state index >= 15 is 0 Å². The van der Waals surface area contributed by atoms with Crippen LogP contribution >= 0.6 is 0 Å². The molecule has 1 aromatic heterocycles. The van der Waals surface area contributed by atoms with E-state index in [1.54, 1.807) is 0 Å². The van der Waals surface area contributed by atoms with E-state index in [-0.39, 0.29) is 0 Å². The molecular formula is C17H23N. The molecule has 1 saturated carbocycles. The molecule has 3 rings (SSSR count). The lowest BCUT2D eigenvalue weighted by molar-refractivity contribution is 0.504. The molecular weight excluding hydrogens is 218 g/mol. The van der Waals surface area contributed by atoms with Gasteiger partial charge in [0.15, 0.2) is 0 Å². The van der Waals surface area contributed by atoms with Gasteiger partial charge in [-0.25, -0.2) is 0 Å². The summed E-state index contributed by atoms with van der Waals surface area (Å²) in [5, 5.41) is 1.45. The van der Waals surface area contributed by atoms with Crippen molar-refractivity contribution in [1.82, 2.24) is 4.98 Å². The Kier molecular flexibility index (Phi) is 3.15. The Labute approximate surface area is 110 Å². The van der Waals surface area contributed by atoms with Crippen molar-refractivity contribution in [2.45, 2.75) is 52.4 Å². The van der Waals surface area contributed by atoms with Crippen LogP contribution in [0.25, 0.3) is 10.9 Å². The van der Waals surface area contributed by atoms with Gasteiger partial charge in [-0.15, -0.1) is 0 Å². The van der Waals surface area contributed by atoms with Gasteiger partial charge in [0, 0.05) is 17.1 Å². The van der Waals surface area contributed by atoms with Crippen LogP contribution in [0.5, 0.6) is 0 Å². The fraction of sp³-hybridized carbons (Fsp3) is 0.529. The Morgan fingerprint density at radius 1 is 1.17 bits per heavy atom. The maximum atomic E-state index is 3.46. The molecule has 1 aliphatic rings. The van der Waals surface area contributed by atoms with Crippen molar-refractivity contribution in [3.63, 3.8) is 0 Å². The van der Waals surface area contributed by atoms with Gasteiger partial charge in [-0.2, -0.15) is 0 Å². The van der Waals surface area contributed by atoms with E-state index in [0.717, 1.165) is 5.92 Å². The number of hydrogen-bond donors (Lipinski definition) is 1. The molecule has 1 aromatic carbocycles. The molecule has 2 aromatic rings. The monoisotopic (exact) mass is 241 g/mol. The van der Waals surface area contributed by atoms with Crippen molar-refractivity contribution >= 4 is 10.9 Å². The summed E-state index contributed by atoms with van der Waals surface area (Å²) in [5.41, 5.74) is 5.60. The van der Waals surface area contributed by atoms with E-state index in [1.165, 1.54) is 66.1 Å².